The summed E-state index contributed by atoms with van der Waals surface area (Å²) in [6.07, 6.45) is 4.85. The van der Waals surface area contributed by atoms with Gasteiger partial charge < -0.3 is 4.74 Å². The van der Waals surface area contributed by atoms with Gasteiger partial charge in [0.2, 0.25) is 11.8 Å². The van der Waals surface area contributed by atoms with Crippen molar-refractivity contribution in [1.29, 1.82) is 0 Å². The fourth-order valence-corrected chi connectivity index (χ4v) is 4.56. The van der Waals surface area contributed by atoms with E-state index in [2.05, 4.69) is 5.10 Å². The molecule has 6 nitrogen and oxygen atoms in total. The summed E-state index contributed by atoms with van der Waals surface area (Å²) in [4.78, 5) is 26.8. The smallest absolute Gasteiger partial charge is 0.240 e. The summed E-state index contributed by atoms with van der Waals surface area (Å²) < 4.78 is 7.47. The Hall–Kier alpha value is -2.18. The molecule has 1 aromatic heterocycles. The number of carbonyl (C=O) groups is 2. The van der Waals surface area contributed by atoms with Crippen LogP contribution in [0.15, 0.2) is 36.7 Å². The minimum absolute atomic E-state index is 0.0991. The predicted molar refractivity (Wildman–Crippen MR) is 90.1 cm³/mol. The van der Waals surface area contributed by atoms with Crippen LogP contribution in [0.3, 0.4) is 0 Å². The number of hydrogen-bond donors (Lipinski definition) is 0. The highest BCUT2D eigenvalue weighted by atomic mass is 35.5. The summed E-state index contributed by atoms with van der Waals surface area (Å²) in [6.45, 7) is 0.526. The monoisotopic (exact) mass is 357 g/mol. The number of amides is 2. The summed E-state index contributed by atoms with van der Waals surface area (Å²) in [5, 5.41) is 4.96. The van der Waals surface area contributed by atoms with Gasteiger partial charge in [-0.3, -0.25) is 14.3 Å². The highest BCUT2D eigenvalue weighted by molar-refractivity contribution is 6.30. The number of anilines is 1. The van der Waals surface area contributed by atoms with E-state index in [1.54, 1.807) is 17.1 Å². The Morgan fingerprint density at radius 3 is 2.56 bits per heavy atom. The Bertz CT molecular complexity index is 852. The molecule has 0 spiro atoms. The third kappa shape index (κ3) is 2.24. The lowest BCUT2D eigenvalue weighted by atomic mass is 9.81. The van der Waals surface area contributed by atoms with E-state index in [0.29, 0.717) is 17.3 Å². The molecule has 1 aromatic carbocycles. The Kier molecular flexibility index (Phi) is 3.27. The van der Waals surface area contributed by atoms with E-state index >= 15 is 0 Å². The van der Waals surface area contributed by atoms with E-state index in [1.807, 2.05) is 24.3 Å². The van der Waals surface area contributed by atoms with Crippen LogP contribution in [-0.2, 0) is 20.9 Å². The van der Waals surface area contributed by atoms with Gasteiger partial charge in [-0.05, 0) is 30.5 Å². The lowest BCUT2D eigenvalue weighted by Gasteiger charge is -2.15. The molecule has 0 saturated carbocycles. The van der Waals surface area contributed by atoms with Gasteiger partial charge in [-0.1, -0.05) is 23.7 Å². The lowest BCUT2D eigenvalue weighted by Crippen LogP contribution is -2.33. The number of hydrogen-bond acceptors (Lipinski definition) is 4. The van der Waals surface area contributed by atoms with Crippen LogP contribution < -0.4 is 4.90 Å². The predicted octanol–water partition coefficient (Wildman–Crippen LogP) is 2.25. The number of fused-ring (bicyclic) bond motifs is 5. The van der Waals surface area contributed by atoms with Crippen molar-refractivity contribution in [3.63, 3.8) is 0 Å². The zero-order valence-electron chi connectivity index (χ0n) is 13.3. The number of imide groups is 1. The first-order valence-corrected chi connectivity index (χ1v) is 8.80. The van der Waals surface area contributed by atoms with Crippen LogP contribution in [0.2, 0.25) is 5.02 Å². The molecule has 0 unspecified atom stereocenters. The van der Waals surface area contributed by atoms with Gasteiger partial charge in [-0.25, -0.2) is 4.90 Å². The molecule has 4 heterocycles. The summed E-state index contributed by atoms with van der Waals surface area (Å²) >= 11 is 6.01. The fourth-order valence-electron chi connectivity index (χ4n) is 4.34. The zero-order valence-corrected chi connectivity index (χ0v) is 14.1. The van der Waals surface area contributed by atoms with Crippen LogP contribution in [0.1, 0.15) is 18.4 Å². The van der Waals surface area contributed by atoms with Gasteiger partial charge in [-0.2, -0.15) is 5.10 Å². The van der Waals surface area contributed by atoms with E-state index in [1.165, 1.54) is 4.90 Å². The number of carbonyl (C=O) groups excluding carboxylic acids is 2. The summed E-state index contributed by atoms with van der Waals surface area (Å²) in [6, 6.07) is 7.52. The molecule has 3 saturated heterocycles. The first kappa shape index (κ1) is 15.1. The van der Waals surface area contributed by atoms with Crippen molar-refractivity contribution < 1.29 is 14.3 Å². The Balaban J connectivity index is 1.40. The van der Waals surface area contributed by atoms with Crippen LogP contribution in [-0.4, -0.2) is 33.8 Å². The van der Waals surface area contributed by atoms with Crippen molar-refractivity contribution in [3.8, 4) is 0 Å². The zero-order chi connectivity index (χ0) is 17.1. The SMILES string of the molecule is O=C1[C@@H]2[C@@H](C(=O)N1c1cnn(Cc3cccc(Cl)c3)c1)[C@@H]1CC[C@@H]2O1. The largest absolute Gasteiger partial charge is 0.373 e. The van der Waals surface area contributed by atoms with Crippen molar-refractivity contribution in [2.45, 2.75) is 31.6 Å². The molecule has 2 amide bonds. The fraction of sp³-hybridized carbons (Fsp3) is 0.389. The molecule has 2 aromatic rings. The molecular weight excluding hydrogens is 342 g/mol. The number of rotatable bonds is 3. The van der Waals surface area contributed by atoms with E-state index in [-0.39, 0.29) is 35.9 Å². The van der Waals surface area contributed by atoms with Gasteiger partial charge in [0.05, 0.1) is 42.5 Å². The minimum Gasteiger partial charge on any atom is -0.373 e. The third-order valence-corrected chi connectivity index (χ3v) is 5.63. The third-order valence-electron chi connectivity index (χ3n) is 5.40. The molecule has 25 heavy (non-hydrogen) atoms. The van der Waals surface area contributed by atoms with Crippen LogP contribution in [0.25, 0.3) is 0 Å². The second kappa shape index (κ2) is 5.41. The summed E-state index contributed by atoms with van der Waals surface area (Å²) in [5.41, 5.74) is 1.54. The first-order valence-electron chi connectivity index (χ1n) is 8.42. The van der Waals surface area contributed by atoms with Crippen molar-refractivity contribution in [3.05, 3.63) is 47.2 Å². The van der Waals surface area contributed by atoms with E-state index < -0.39 is 0 Å². The van der Waals surface area contributed by atoms with Crippen LogP contribution in [0.5, 0.6) is 0 Å². The Morgan fingerprint density at radius 1 is 1.16 bits per heavy atom. The van der Waals surface area contributed by atoms with Crippen LogP contribution in [0.4, 0.5) is 5.69 Å². The maximum Gasteiger partial charge on any atom is 0.240 e. The van der Waals surface area contributed by atoms with E-state index in [9.17, 15) is 9.59 Å². The van der Waals surface area contributed by atoms with Gasteiger partial charge >= 0.3 is 0 Å². The van der Waals surface area contributed by atoms with Crippen molar-refractivity contribution in [2.24, 2.45) is 11.8 Å². The van der Waals surface area contributed by atoms with Gasteiger partial charge in [0.15, 0.2) is 0 Å². The van der Waals surface area contributed by atoms with Crippen LogP contribution in [0, 0.1) is 11.8 Å². The Labute approximate surface area is 149 Å². The lowest BCUT2D eigenvalue weighted by molar-refractivity contribution is -0.124. The average Bonchev–Trinajstić information content (AvgIpc) is 3.33. The molecule has 3 fully saturated rings. The summed E-state index contributed by atoms with van der Waals surface area (Å²) in [5.74, 6) is -0.931. The molecule has 0 radical (unpaired) electrons. The van der Waals surface area contributed by atoms with Crippen molar-refractivity contribution in [1.82, 2.24) is 9.78 Å². The number of benzene rings is 1. The first-order chi connectivity index (χ1) is 12.1. The van der Waals surface area contributed by atoms with Crippen molar-refractivity contribution in [2.75, 3.05) is 4.90 Å². The molecular formula is C18H16ClN3O3. The number of halogens is 1. The number of aromatic nitrogens is 2. The normalized spacial score (nSPS) is 30.4. The standard InChI is InChI=1S/C18H16ClN3O3/c19-11-3-1-2-10(6-11)8-21-9-12(7-20-21)22-17(23)15-13-4-5-14(25-13)16(15)18(22)24/h1-3,6-7,9,13-16H,4-5,8H2/t13-,14-,15-,16-/m0/s1. The summed E-state index contributed by atoms with van der Waals surface area (Å²) in [7, 11) is 0. The molecule has 3 aliphatic heterocycles. The van der Waals surface area contributed by atoms with Crippen molar-refractivity contribution >= 4 is 29.1 Å². The molecule has 3 aliphatic rings. The highest BCUT2D eigenvalue weighted by Crippen LogP contribution is 2.49. The number of nitrogens with zero attached hydrogens (tertiary/aromatic N) is 3. The maximum atomic E-state index is 12.8. The average molecular weight is 358 g/mol. The van der Waals surface area contributed by atoms with Gasteiger partial charge in [-0.15, -0.1) is 0 Å². The molecule has 4 atom stereocenters. The molecule has 128 valence electrons. The highest BCUT2D eigenvalue weighted by Gasteiger charge is 2.62. The quantitative estimate of drug-likeness (QED) is 0.790. The second-order valence-corrected chi connectivity index (χ2v) is 7.32. The van der Waals surface area contributed by atoms with E-state index in [0.717, 1.165) is 18.4 Å². The molecule has 0 aliphatic carbocycles. The minimum atomic E-state index is -0.317. The van der Waals surface area contributed by atoms with Gasteiger partial charge in [0.1, 0.15) is 0 Å². The molecule has 7 heteroatoms. The molecule has 2 bridgehead atoms. The van der Waals surface area contributed by atoms with E-state index in [4.69, 9.17) is 16.3 Å². The topological polar surface area (TPSA) is 64.4 Å². The van der Waals surface area contributed by atoms with Crippen LogP contribution >= 0.6 is 11.6 Å². The van der Waals surface area contributed by atoms with Gasteiger partial charge in [0, 0.05) is 11.2 Å². The molecule has 5 rings (SSSR count). The maximum absolute atomic E-state index is 12.8. The number of ether oxygens (including phenoxy) is 1. The Morgan fingerprint density at radius 2 is 1.88 bits per heavy atom. The molecule has 0 N–H and O–H groups in total. The second-order valence-electron chi connectivity index (χ2n) is 6.88. The van der Waals surface area contributed by atoms with Gasteiger partial charge in [0.25, 0.3) is 0 Å².